The lowest BCUT2D eigenvalue weighted by Gasteiger charge is -2.08. The fourth-order valence-corrected chi connectivity index (χ4v) is 2.84. The van der Waals surface area contributed by atoms with Crippen molar-refractivity contribution in [3.63, 3.8) is 0 Å². The molecule has 0 spiro atoms. The molecule has 0 radical (unpaired) electrons. The summed E-state index contributed by atoms with van der Waals surface area (Å²) >= 11 is 4.54. The number of hydrogen-bond donors (Lipinski definition) is 2. The normalized spacial score (nSPS) is 10.2. The first-order valence-electron chi connectivity index (χ1n) is 6.14. The van der Waals surface area contributed by atoms with Crippen molar-refractivity contribution in [2.75, 3.05) is 17.7 Å². The van der Waals surface area contributed by atoms with E-state index in [2.05, 4.69) is 21.2 Å². The van der Waals surface area contributed by atoms with E-state index in [0.717, 1.165) is 4.47 Å². The van der Waals surface area contributed by atoms with Crippen LogP contribution in [-0.2, 0) is 4.74 Å². The Morgan fingerprint density at radius 2 is 2.10 bits per heavy atom. The highest BCUT2D eigenvalue weighted by atomic mass is 79.9. The zero-order valence-electron chi connectivity index (χ0n) is 11.2. The Morgan fingerprint density at radius 1 is 1.33 bits per heavy atom. The van der Waals surface area contributed by atoms with Crippen LogP contribution in [0.4, 0.5) is 10.7 Å². The lowest BCUT2D eigenvalue weighted by Crippen LogP contribution is -2.15. The monoisotopic (exact) mass is 368 g/mol. The molecule has 3 N–H and O–H groups in total. The van der Waals surface area contributed by atoms with Crippen LogP contribution in [0.15, 0.2) is 34.1 Å². The minimum Gasteiger partial charge on any atom is -0.462 e. The zero-order valence-corrected chi connectivity index (χ0v) is 13.6. The van der Waals surface area contributed by atoms with Crippen molar-refractivity contribution in [2.45, 2.75) is 6.92 Å². The van der Waals surface area contributed by atoms with Gasteiger partial charge in [-0.1, -0.05) is 15.9 Å². The summed E-state index contributed by atoms with van der Waals surface area (Å²) in [4.78, 5) is 24.0. The third-order valence-electron chi connectivity index (χ3n) is 2.65. The molecule has 0 atom stereocenters. The van der Waals surface area contributed by atoms with Crippen LogP contribution in [0.1, 0.15) is 27.6 Å². The molecule has 1 heterocycles. The number of thiophene rings is 1. The second-order valence-corrected chi connectivity index (χ2v) is 5.90. The number of ether oxygens (including phenoxy) is 1. The van der Waals surface area contributed by atoms with E-state index in [1.807, 2.05) is 0 Å². The standard InChI is InChI=1S/C14H13BrN2O3S/c1-2-20-14(19)10-5-6-21-13(10)17-12(18)9-4-3-8(15)7-11(9)16/h3-7H,2,16H2,1H3,(H,17,18). The van der Waals surface area contributed by atoms with Crippen LogP contribution in [0.25, 0.3) is 0 Å². The highest BCUT2D eigenvalue weighted by Gasteiger charge is 2.17. The molecule has 1 aromatic carbocycles. The van der Waals surface area contributed by atoms with Gasteiger partial charge in [-0.3, -0.25) is 4.79 Å². The molecule has 0 saturated heterocycles. The Kier molecular flexibility index (Phi) is 4.98. The number of esters is 1. The second-order valence-electron chi connectivity index (χ2n) is 4.07. The van der Waals surface area contributed by atoms with E-state index in [1.165, 1.54) is 11.3 Å². The number of carbonyl (C=O) groups excluding carboxylic acids is 2. The van der Waals surface area contributed by atoms with Gasteiger partial charge in [-0.15, -0.1) is 11.3 Å². The van der Waals surface area contributed by atoms with Gasteiger partial charge in [0, 0.05) is 10.2 Å². The maximum absolute atomic E-state index is 12.2. The summed E-state index contributed by atoms with van der Waals surface area (Å²) in [5, 5.41) is 4.85. The molecule has 5 nitrogen and oxygen atoms in total. The SMILES string of the molecule is CCOC(=O)c1ccsc1NC(=O)c1ccc(Br)cc1N. The van der Waals surface area contributed by atoms with Crippen LogP contribution in [0.5, 0.6) is 0 Å². The fraction of sp³-hybridized carbons (Fsp3) is 0.143. The Labute approximate surface area is 134 Å². The van der Waals surface area contributed by atoms with Crippen molar-refractivity contribution in [1.29, 1.82) is 0 Å². The van der Waals surface area contributed by atoms with E-state index >= 15 is 0 Å². The minimum atomic E-state index is -0.460. The summed E-state index contributed by atoms with van der Waals surface area (Å²) < 4.78 is 5.73. The number of carbonyl (C=O) groups is 2. The van der Waals surface area contributed by atoms with Crippen molar-refractivity contribution in [2.24, 2.45) is 0 Å². The van der Waals surface area contributed by atoms with Gasteiger partial charge in [-0.2, -0.15) is 0 Å². The molecular formula is C14H13BrN2O3S. The van der Waals surface area contributed by atoms with Gasteiger partial charge in [0.05, 0.1) is 17.7 Å². The lowest BCUT2D eigenvalue weighted by molar-refractivity contribution is 0.0528. The third-order valence-corrected chi connectivity index (χ3v) is 3.97. The second kappa shape index (κ2) is 6.73. The molecule has 110 valence electrons. The molecule has 0 fully saturated rings. The van der Waals surface area contributed by atoms with Gasteiger partial charge in [-0.05, 0) is 36.6 Å². The van der Waals surface area contributed by atoms with Crippen LogP contribution in [0, 0.1) is 0 Å². The van der Waals surface area contributed by atoms with Crippen LogP contribution < -0.4 is 11.1 Å². The summed E-state index contributed by atoms with van der Waals surface area (Å²) in [6, 6.07) is 6.61. The van der Waals surface area contributed by atoms with Crippen LogP contribution in [0.2, 0.25) is 0 Å². The van der Waals surface area contributed by atoms with E-state index in [0.29, 0.717) is 21.8 Å². The Hall–Kier alpha value is -1.86. The number of anilines is 2. The van der Waals surface area contributed by atoms with Gasteiger partial charge in [0.2, 0.25) is 0 Å². The Morgan fingerprint density at radius 3 is 2.76 bits per heavy atom. The first-order chi connectivity index (χ1) is 10.0. The maximum atomic E-state index is 12.2. The number of amides is 1. The van der Waals surface area contributed by atoms with Crippen molar-refractivity contribution >= 4 is 49.8 Å². The van der Waals surface area contributed by atoms with E-state index < -0.39 is 5.97 Å². The Bertz CT molecular complexity index is 685. The van der Waals surface area contributed by atoms with E-state index in [1.54, 1.807) is 36.6 Å². The molecule has 0 unspecified atom stereocenters. The third kappa shape index (κ3) is 3.62. The van der Waals surface area contributed by atoms with Gasteiger partial charge < -0.3 is 15.8 Å². The average molecular weight is 369 g/mol. The molecule has 21 heavy (non-hydrogen) atoms. The van der Waals surface area contributed by atoms with E-state index in [9.17, 15) is 9.59 Å². The summed E-state index contributed by atoms with van der Waals surface area (Å²) in [6.45, 7) is 2.01. The molecule has 0 aliphatic carbocycles. The molecule has 2 aromatic rings. The summed E-state index contributed by atoms with van der Waals surface area (Å²) in [5.41, 5.74) is 6.86. The quantitative estimate of drug-likeness (QED) is 0.638. The molecule has 0 saturated carbocycles. The number of halogens is 1. The van der Waals surface area contributed by atoms with Gasteiger partial charge in [-0.25, -0.2) is 4.79 Å². The topological polar surface area (TPSA) is 81.4 Å². The molecule has 2 rings (SSSR count). The summed E-state index contributed by atoms with van der Waals surface area (Å²) in [7, 11) is 0. The largest absolute Gasteiger partial charge is 0.462 e. The van der Waals surface area contributed by atoms with Crippen molar-refractivity contribution < 1.29 is 14.3 Å². The van der Waals surface area contributed by atoms with Crippen LogP contribution in [-0.4, -0.2) is 18.5 Å². The van der Waals surface area contributed by atoms with Crippen molar-refractivity contribution in [3.8, 4) is 0 Å². The number of nitrogens with two attached hydrogens (primary N) is 1. The van der Waals surface area contributed by atoms with E-state index in [4.69, 9.17) is 10.5 Å². The number of benzene rings is 1. The van der Waals surface area contributed by atoms with Crippen LogP contribution in [0.3, 0.4) is 0 Å². The van der Waals surface area contributed by atoms with Gasteiger partial charge in [0.15, 0.2) is 0 Å². The molecule has 0 aliphatic heterocycles. The number of hydrogen-bond acceptors (Lipinski definition) is 5. The number of rotatable bonds is 4. The minimum absolute atomic E-state index is 0.279. The molecule has 1 amide bonds. The first-order valence-corrected chi connectivity index (χ1v) is 7.81. The highest BCUT2D eigenvalue weighted by molar-refractivity contribution is 9.10. The van der Waals surface area contributed by atoms with Gasteiger partial charge >= 0.3 is 5.97 Å². The summed E-state index contributed by atoms with van der Waals surface area (Å²) in [5.74, 6) is -0.828. The molecule has 0 aliphatic rings. The van der Waals surface area contributed by atoms with Gasteiger partial charge in [0.1, 0.15) is 5.00 Å². The van der Waals surface area contributed by atoms with Crippen molar-refractivity contribution in [1.82, 2.24) is 0 Å². The lowest BCUT2D eigenvalue weighted by atomic mass is 10.1. The molecular weight excluding hydrogens is 356 g/mol. The van der Waals surface area contributed by atoms with Crippen LogP contribution >= 0.6 is 27.3 Å². The average Bonchev–Trinajstić information content (AvgIpc) is 2.87. The fourth-order valence-electron chi connectivity index (χ4n) is 1.69. The highest BCUT2D eigenvalue weighted by Crippen LogP contribution is 2.26. The molecule has 0 bridgehead atoms. The van der Waals surface area contributed by atoms with Crippen molar-refractivity contribution in [3.05, 3.63) is 45.2 Å². The van der Waals surface area contributed by atoms with E-state index in [-0.39, 0.29) is 12.5 Å². The first kappa shape index (κ1) is 15.5. The number of nitrogen functional groups attached to an aromatic ring is 1. The predicted octanol–water partition coefficient (Wildman–Crippen LogP) is 3.52. The summed E-state index contributed by atoms with van der Waals surface area (Å²) in [6.07, 6.45) is 0. The Balaban J connectivity index is 2.20. The van der Waals surface area contributed by atoms with Gasteiger partial charge in [0.25, 0.3) is 5.91 Å². The number of nitrogens with one attached hydrogen (secondary N) is 1. The molecule has 1 aromatic heterocycles. The maximum Gasteiger partial charge on any atom is 0.341 e. The zero-order chi connectivity index (χ0) is 15.4. The molecule has 7 heteroatoms. The smallest absolute Gasteiger partial charge is 0.341 e. The predicted molar refractivity (Wildman–Crippen MR) is 86.8 cm³/mol.